The Labute approximate surface area is 244 Å². The van der Waals surface area contributed by atoms with Crippen LogP contribution in [0.3, 0.4) is 0 Å². The van der Waals surface area contributed by atoms with E-state index in [-0.39, 0.29) is 29.1 Å². The molecular weight excluding hydrogens is 602 g/mol. The van der Waals surface area contributed by atoms with Gasteiger partial charge in [-0.25, -0.2) is 8.42 Å². The van der Waals surface area contributed by atoms with Crippen molar-refractivity contribution < 1.29 is 18.0 Å². The molecule has 3 aromatic carbocycles. The Morgan fingerprint density at radius 3 is 2.10 bits per heavy atom. The third-order valence-electron chi connectivity index (χ3n) is 6.44. The number of carbonyl (C=O) groups excluding carboxylic acids is 2. The van der Waals surface area contributed by atoms with Crippen LogP contribution in [0, 0.1) is 6.92 Å². The molecule has 0 bridgehead atoms. The Hall–Kier alpha value is -2.88. The molecular formula is C29H33BrClN3O4S. The molecule has 0 heterocycles. The van der Waals surface area contributed by atoms with Crippen molar-refractivity contribution in [2.75, 3.05) is 10.8 Å². The number of hydrogen-bond donors (Lipinski definition) is 1. The zero-order valence-corrected chi connectivity index (χ0v) is 25.6. The largest absolute Gasteiger partial charge is 0.352 e. The molecule has 0 aromatic heterocycles. The summed E-state index contributed by atoms with van der Waals surface area (Å²) < 4.78 is 29.6. The van der Waals surface area contributed by atoms with E-state index in [1.54, 1.807) is 43.3 Å². The molecule has 0 spiro atoms. The molecule has 10 heteroatoms. The predicted molar refractivity (Wildman–Crippen MR) is 159 cm³/mol. The van der Waals surface area contributed by atoms with Crippen LogP contribution in [0.5, 0.6) is 0 Å². The van der Waals surface area contributed by atoms with E-state index >= 15 is 0 Å². The van der Waals surface area contributed by atoms with Crippen LogP contribution in [0.2, 0.25) is 5.02 Å². The van der Waals surface area contributed by atoms with Gasteiger partial charge in [-0.15, -0.1) is 0 Å². The Morgan fingerprint density at radius 1 is 0.949 bits per heavy atom. The van der Waals surface area contributed by atoms with Crippen LogP contribution in [0.15, 0.2) is 82.2 Å². The maximum Gasteiger partial charge on any atom is 0.264 e. The number of carbonyl (C=O) groups is 2. The van der Waals surface area contributed by atoms with Crippen LogP contribution in [0.4, 0.5) is 5.69 Å². The van der Waals surface area contributed by atoms with Gasteiger partial charge in [0.15, 0.2) is 0 Å². The quantitative estimate of drug-likeness (QED) is 0.283. The van der Waals surface area contributed by atoms with Crippen molar-refractivity contribution in [3.8, 4) is 0 Å². The van der Waals surface area contributed by atoms with E-state index in [1.165, 1.54) is 17.0 Å². The van der Waals surface area contributed by atoms with Gasteiger partial charge in [0.1, 0.15) is 12.6 Å². The Bertz CT molecular complexity index is 1380. The molecule has 0 fully saturated rings. The number of hydrogen-bond acceptors (Lipinski definition) is 4. The van der Waals surface area contributed by atoms with Crippen LogP contribution in [-0.2, 0) is 26.2 Å². The molecule has 0 aliphatic rings. The Morgan fingerprint density at radius 2 is 1.54 bits per heavy atom. The SMILES string of the molecule is CC[C@@H](C)NC(=O)[C@H](C)N(Cc1ccc(Br)cc1)C(=O)CN(c1ccc(Cl)cc1)S(=O)(=O)c1ccc(C)cc1. The van der Waals surface area contributed by atoms with E-state index in [2.05, 4.69) is 21.2 Å². The number of sulfonamides is 1. The average Bonchev–Trinajstić information content (AvgIpc) is 2.91. The number of halogens is 2. The van der Waals surface area contributed by atoms with Crippen molar-refractivity contribution in [2.24, 2.45) is 0 Å². The average molecular weight is 635 g/mol. The highest BCUT2D eigenvalue weighted by Gasteiger charge is 2.32. The summed E-state index contributed by atoms with van der Waals surface area (Å²) in [6.07, 6.45) is 0.734. The summed E-state index contributed by atoms with van der Waals surface area (Å²) in [5, 5.41) is 3.36. The second-order valence-electron chi connectivity index (χ2n) is 9.44. The maximum atomic E-state index is 13.9. The van der Waals surface area contributed by atoms with Gasteiger partial charge in [-0.2, -0.15) is 0 Å². The maximum absolute atomic E-state index is 13.9. The minimum atomic E-state index is -4.12. The summed E-state index contributed by atoms with van der Waals surface area (Å²) in [5.41, 5.74) is 1.99. The highest BCUT2D eigenvalue weighted by molar-refractivity contribution is 9.10. The summed E-state index contributed by atoms with van der Waals surface area (Å²) >= 11 is 9.47. The van der Waals surface area contributed by atoms with Gasteiger partial charge < -0.3 is 10.2 Å². The molecule has 39 heavy (non-hydrogen) atoms. The lowest BCUT2D eigenvalue weighted by atomic mass is 10.1. The van der Waals surface area contributed by atoms with Crippen molar-refractivity contribution >= 4 is 55.1 Å². The lowest BCUT2D eigenvalue weighted by molar-refractivity contribution is -0.139. The number of anilines is 1. The molecule has 1 N–H and O–H groups in total. The van der Waals surface area contributed by atoms with E-state index in [0.29, 0.717) is 5.02 Å². The highest BCUT2D eigenvalue weighted by Crippen LogP contribution is 2.26. The van der Waals surface area contributed by atoms with Gasteiger partial charge in [0.2, 0.25) is 11.8 Å². The lowest BCUT2D eigenvalue weighted by Gasteiger charge is -2.32. The third-order valence-corrected chi connectivity index (χ3v) is 9.01. The van der Waals surface area contributed by atoms with Crippen LogP contribution in [0.1, 0.15) is 38.3 Å². The third kappa shape index (κ3) is 8.06. The number of nitrogens with one attached hydrogen (secondary N) is 1. The van der Waals surface area contributed by atoms with Gasteiger partial charge in [-0.05, 0) is 81.3 Å². The molecule has 0 saturated carbocycles. The molecule has 0 aliphatic heterocycles. The monoisotopic (exact) mass is 633 g/mol. The normalized spacial score (nSPS) is 12.9. The first kappa shape index (κ1) is 30.7. The van der Waals surface area contributed by atoms with Crippen LogP contribution < -0.4 is 9.62 Å². The van der Waals surface area contributed by atoms with Crippen molar-refractivity contribution in [3.05, 3.63) is 93.4 Å². The molecule has 0 radical (unpaired) electrons. The summed E-state index contributed by atoms with van der Waals surface area (Å²) in [4.78, 5) is 28.5. The first-order valence-electron chi connectivity index (χ1n) is 12.6. The van der Waals surface area contributed by atoms with Crippen molar-refractivity contribution in [3.63, 3.8) is 0 Å². The Kier molecular flexibility index (Phi) is 10.6. The molecule has 0 aliphatic carbocycles. The van der Waals surface area contributed by atoms with Crippen LogP contribution in [-0.4, -0.2) is 43.8 Å². The summed E-state index contributed by atoms with van der Waals surface area (Å²) in [5.74, 6) is -0.829. The molecule has 2 atom stereocenters. The van der Waals surface area contributed by atoms with Gasteiger partial charge in [-0.3, -0.25) is 13.9 Å². The van der Waals surface area contributed by atoms with E-state index in [4.69, 9.17) is 11.6 Å². The predicted octanol–water partition coefficient (Wildman–Crippen LogP) is 5.94. The molecule has 208 valence electrons. The smallest absolute Gasteiger partial charge is 0.264 e. The zero-order valence-electron chi connectivity index (χ0n) is 22.4. The molecule has 3 aromatic rings. The number of aryl methyl sites for hydroxylation is 1. The summed E-state index contributed by atoms with van der Waals surface area (Å²) in [7, 11) is -4.12. The molecule has 0 saturated heterocycles. The van der Waals surface area contributed by atoms with Crippen molar-refractivity contribution in [1.29, 1.82) is 0 Å². The second-order valence-corrected chi connectivity index (χ2v) is 12.7. The van der Waals surface area contributed by atoms with E-state index < -0.39 is 28.5 Å². The number of amides is 2. The molecule has 2 amide bonds. The lowest BCUT2D eigenvalue weighted by Crippen LogP contribution is -2.52. The minimum Gasteiger partial charge on any atom is -0.352 e. The van der Waals surface area contributed by atoms with Gasteiger partial charge in [0, 0.05) is 22.1 Å². The highest BCUT2D eigenvalue weighted by atomic mass is 79.9. The van der Waals surface area contributed by atoms with Crippen LogP contribution in [0.25, 0.3) is 0 Å². The summed E-state index contributed by atoms with van der Waals surface area (Å²) in [6, 6.07) is 19.2. The first-order valence-corrected chi connectivity index (χ1v) is 15.2. The number of nitrogens with zero attached hydrogens (tertiary/aromatic N) is 2. The van der Waals surface area contributed by atoms with Gasteiger partial charge in [-0.1, -0.05) is 64.3 Å². The van der Waals surface area contributed by atoms with Gasteiger partial charge in [0.25, 0.3) is 10.0 Å². The first-order chi connectivity index (χ1) is 18.4. The van der Waals surface area contributed by atoms with Crippen molar-refractivity contribution in [2.45, 2.75) is 57.6 Å². The van der Waals surface area contributed by atoms with Gasteiger partial charge in [0.05, 0.1) is 10.6 Å². The topological polar surface area (TPSA) is 86.8 Å². The van der Waals surface area contributed by atoms with E-state index in [0.717, 1.165) is 26.3 Å². The van der Waals surface area contributed by atoms with Crippen molar-refractivity contribution in [1.82, 2.24) is 10.2 Å². The number of rotatable bonds is 11. The van der Waals surface area contributed by atoms with E-state index in [1.807, 2.05) is 45.0 Å². The van der Waals surface area contributed by atoms with E-state index in [9.17, 15) is 18.0 Å². The van der Waals surface area contributed by atoms with Crippen LogP contribution >= 0.6 is 27.5 Å². The standard InChI is InChI=1S/C29H33BrClN3O4S/c1-5-21(3)32-29(36)22(4)33(18-23-8-10-24(30)11-9-23)28(35)19-34(26-14-12-25(31)13-15-26)39(37,38)27-16-6-20(2)7-17-27/h6-17,21-22H,5,18-19H2,1-4H3,(H,32,36)/t21-,22+/m1/s1. The zero-order chi connectivity index (χ0) is 28.7. The summed E-state index contributed by atoms with van der Waals surface area (Å²) in [6.45, 7) is 6.98. The molecule has 3 rings (SSSR count). The van der Waals surface area contributed by atoms with Gasteiger partial charge >= 0.3 is 0 Å². The minimum absolute atomic E-state index is 0.0536. The fraction of sp³-hybridized carbons (Fsp3) is 0.310. The second kappa shape index (κ2) is 13.5. The fourth-order valence-electron chi connectivity index (χ4n) is 3.81. The fourth-order valence-corrected chi connectivity index (χ4v) is 5.61. The Balaban J connectivity index is 2.01. The molecule has 7 nitrogen and oxygen atoms in total. The number of benzene rings is 3. The molecule has 0 unspecified atom stereocenters.